The molecule has 0 aliphatic heterocycles. The van der Waals surface area contributed by atoms with Crippen molar-refractivity contribution in [3.63, 3.8) is 0 Å². The fourth-order valence-corrected chi connectivity index (χ4v) is 1.51. The minimum Gasteiger partial charge on any atom is -0.364 e. The number of anilines is 2. The molecule has 0 unspecified atom stereocenters. The van der Waals surface area contributed by atoms with E-state index in [2.05, 4.69) is 30.7 Å². The van der Waals surface area contributed by atoms with Gasteiger partial charge in [-0.3, -0.25) is 5.43 Å². The number of rotatable bonds is 4. The highest BCUT2D eigenvalue weighted by Gasteiger charge is 2.01. The predicted molar refractivity (Wildman–Crippen MR) is 68.7 cm³/mol. The number of nitrogen functional groups attached to an aromatic ring is 1. The summed E-state index contributed by atoms with van der Waals surface area (Å²) >= 11 is 0. The molecule has 0 bridgehead atoms. The van der Waals surface area contributed by atoms with Crippen LogP contribution in [0.3, 0.4) is 0 Å². The van der Waals surface area contributed by atoms with E-state index in [0.29, 0.717) is 18.3 Å². The van der Waals surface area contributed by atoms with E-state index in [9.17, 15) is 0 Å². The Morgan fingerprint density at radius 3 is 2.78 bits per heavy atom. The van der Waals surface area contributed by atoms with Gasteiger partial charge in [-0.2, -0.15) is 4.98 Å². The molecule has 2 aromatic heterocycles. The molecule has 0 aliphatic carbocycles. The molecule has 0 fully saturated rings. The Morgan fingerprint density at radius 1 is 1.22 bits per heavy atom. The minimum absolute atomic E-state index is 0.386. The van der Waals surface area contributed by atoms with Crippen LogP contribution in [0.2, 0.25) is 0 Å². The van der Waals surface area contributed by atoms with Crippen LogP contribution in [0.4, 0.5) is 11.8 Å². The lowest BCUT2D eigenvalue weighted by Crippen LogP contribution is -2.13. The molecule has 2 aromatic rings. The number of hydrazine groups is 1. The van der Waals surface area contributed by atoms with E-state index >= 15 is 0 Å². The van der Waals surface area contributed by atoms with Gasteiger partial charge in [-0.25, -0.2) is 20.8 Å². The average molecular weight is 245 g/mol. The van der Waals surface area contributed by atoms with Crippen molar-refractivity contribution in [3.05, 3.63) is 35.5 Å². The molecule has 0 atom stereocenters. The Kier molecular flexibility index (Phi) is 3.63. The topological polar surface area (TPSA) is 102 Å². The van der Waals surface area contributed by atoms with E-state index < -0.39 is 0 Å². The highest BCUT2D eigenvalue weighted by atomic mass is 15.3. The van der Waals surface area contributed by atoms with Gasteiger partial charge in [0.15, 0.2) is 0 Å². The standard InChI is InChI=1S/C11H15N7/c1-7-5-10(17-11(15-7)18-12)14-6-9-3-4-13-8(2)16-9/h3-5H,6,12H2,1-2H3,(H2,14,15,17,18). The van der Waals surface area contributed by atoms with Crippen LogP contribution in [0.15, 0.2) is 18.3 Å². The molecule has 2 heterocycles. The number of hydrogen-bond acceptors (Lipinski definition) is 7. The molecule has 4 N–H and O–H groups in total. The summed E-state index contributed by atoms with van der Waals surface area (Å²) < 4.78 is 0. The van der Waals surface area contributed by atoms with Crippen LogP contribution in [0.5, 0.6) is 0 Å². The average Bonchev–Trinajstić information content (AvgIpc) is 2.36. The molecule has 0 saturated carbocycles. The van der Waals surface area contributed by atoms with Gasteiger partial charge in [-0.15, -0.1) is 0 Å². The Labute approximate surface area is 105 Å². The fourth-order valence-electron chi connectivity index (χ4n) is 1.51. The molecule has 7 heteroatoms. The van der Waals surface area contributed by atoms with Crippen LogP contribution in [0.1, 0.15) is 17.2 Å². The summed E-state index contributed by atoms with van der Waals surface area (Å²) in [5.74, 6) is 7.13. The molecule has 18 heavy (non-hydrogen) atoms. The number of nitrogens with zero attached hydrogens (tertiary/aromatic N) is 4. The van der Waals surface area contributed by atoms with Gasteiger partial charge in [0.05, 0.1) is 12.2 Å². The van der Waals surface area contributed by atoms with Gasteiger partial charge in [0.1, 0.15) is 11.6 Å². The lowest BCUT2D eigenvalue weighted by molar-refractivity contribution is 0.945. The first-order valence-electron chi connectivity index (χ1n) is 5.52. The Morgan fingerprint density at radius 2 is 2.06 bits per heavy atom. The van der Waals surface area contributed by atoms with Gasteiger partial charge in [-0.05, 0) is 19.9 Å². The molecule has 0 aromatic carbocycles. The molecule has 0 radical (unpaired) electrons. The van der Waals surface area contributed by atoms with Gasteiger partial charge in [0, 0.05) is 18.0 Å². The third-order valence-electron chi connectivity index (χ3n) is 2.27. The maximum Gasteiger partial charge on any atom is 0.239 e. The fraction of sp³-hybridized carbons (Fsp3) is 0.273. The SMILES string of the molecule is Cc1cc(NCc2ccnc(C)n2)nc(NN)n1. The molecule has 0 amide bonds. The van der Waals surface area contributed by atoms with Crippen molar-refractivity contribution >= 4 is 11.8 Å². The molecule has 0 saturated heterocycles. The Bertz CT molecular complexity index is 541. The molecule has 94 valence electrons. The van der Waals surface area contributed by atoms with Crippen LogP contribution < -0.4 is 16.6 Å². The number of nitrogens with one attached hydrogen (secondary N) is 2. The summed E-state index contributed by atoms with van der Waals surface area (Å²) in [6.45, 7) is 4.31. The number of nitrogens with two attached hydrogens (primary N) is 1. The van der Waals surface area contributed by atoms with Crippen molar-refractivity contribution in [2.75, 3.05) is 10.7 Å². The highest BCUT2D eigenvalue weighted by Crippen LogP contribution is 2.09. The van der Waals surface area contributed by atoms with Crippen LogP contribution >= 0.6 is 0 Å². The molecule has 0 aliphatic rings. The van der Waals surface area contributed by atoms with Gasteiger partial charge < -0.3 is 5.32 Å². The Balaban J connectivity index is 2.08. The Hall–Kier alpha value is -2.28. The second-order valence-electron chi connectivity index (χ2n) is 3.81. The first kappa shape index (κ1) is 12.2. The lowest BCUT2D eigenvalue weighted by Gasteiger charge is -2.07. The van der Waals surface area contributed by atoms with Gasteiger partial charge in [0.2, 0.25) is 5.95 Å². The summed E-state index contributed by atoms with van der Waals surface area (Å²) in [6, 6.07) is 3.70. The molecule has 7 nitrogen and oxygen atoms in total. The van der Waals surface area contributed by atoms with Gasteiger partial charge >= 0.3 is 0 Å². The molecule has 2 rings (SSSR count). The molecular formula is C11H15N7. The summed E-state index contributed by atoms with van der Waals surface area (Å²) in [5.41, 5.74) is 4.16. The summed E-state index contributed by atoms with van der Waals surface area (Å²) in [7, 11) is 0. The highest BCUT2D eigenvalue weighted by molar-refractivity contribution is 5.41. The van der Waals surface area contributed by atoms with E-state index in [0.717, 1.165) is 17.2 Å². The summed E-state index contributed by atoms with van der Waals surface area (Å²) in [5, 5.41) is 3.17. The van der Waals surface area contributed by atoms with E-state index in [1.165, 1.54) is 0 Å². The van der Waals surface area contributed by atoms with Gasteiger partial charge in [0.25, 0.3) is 0 Å². The van der Waals surface area contributed by atoms with Crippen molar-refractivity contribution in [1.29, 1.82) is 0 Å². The lowest BCUT2D eigenvalue weighted by atomic mass is 10.3. The van der Waals surface area contributed by atoms with Crippen LogP contribution in [-0.4, -0.2) is 19.9 Å². The zero-order valence-corrected chi connectivity index (χ0v) is 10.3. The van der Waals surface area contributed by atoms with Crippen molar-refractivity contribution in [2.24, 2.45) is 5.84 Å². The molecule has 0 spiro atoms. The second-order valence-corrected chi connectivity index (χ2v) is 3.81. The predicted octanol–water partition coefficient (Wildman–Crippen LogP) is 0.781. The summed E-state index contributed by atoms with van der Waals surface area (Å²) in [6.07, 6.45) is 1.73. The number of aryl methyl sites for hydroxylation is 2. The van der Waals surface area contributed by atoms with Crippen molar-refractivity contribution in [2.45, 2.75) is 20.4 Å². The monoisotopic (exact) mass is 245 g/mol. The minimum atomic E-state index is 0.386. The van der Waals surface area contributed by atoms with Crippen molar-refractivity contribution in [3.8, 4) is 0 Å². The summed E-state index contributed by atoms with van der Waals surface area (Å²) in [4.78, 5) is 16.6. The molecular weight excluding hydrogens is 230 g/mol. The maximum atomic E-state index is 5.29. The van der Waals surface area contributed by atoms with Crippen LogP contribution in [0, 0.1) is 13.8 Å². The quantitative estimate of drug-likeness (QED) is 0.540. The van der Waals surface area contributed by atoms with E-state index in [-0.39, 0.29) is 0 Å². The van der Waals surface area contributed by atoms with Crippen molar-refractivity contribution in [1.82, 2.24) is 19.9 Å². The number of hydrogen-bond donors (Lipinski definition) is 3. The maximum absolute atomic E-state index is 5.29. The second kappa shape index (κ2) is 5.37. The third kappa shape index (κ3) is 3.11. The normalized spacial score (nSPS) is 10.2. The zero-order valence-electron chi connectivity index (χ0n) is 10.3. The number of aromatic nitrogens is 4. The zero-order chi connectivity index (χ0) is 13.0. The largest absolute Gasteiger partial charge is 0.364 e. The smallest absolute Gasteiger partial charge is 0.239 e. The van der Waals surface area contributed by atoms with Gasteiger partial charge in [-0.1, -0.05) is 0 Å². The van der Waals surface area contributed by atoms with E-state index in [1.54, 1.807) is 6.20 Å². The van der Waals surface area contributed by atoms with Crippen molar-refractivity contribution < 1.29 is 0 Å². The first-order valence-corrected chi connectivity index (χ1v) is 5.52. The third-order valence-corrected chi connectivity index (χ3v) is 2.27. The van der Waals surface area contributed by atoms with Crippen LogP contribution in [0.25, 0.3) is 0 Å². The van der Waals surface area contributed by atoms with E-state index in [1.807, 2.05) is 26.0 Å². The van der Waals surface area contributed by atoms with Crippen LogP contribution in [-0.2, 0) is 6.54 Å². The van der Waals surface area contributed by atoms with E-state index in [4.69, 9.17) is 5.84 Å². The first-order chi connectivity index (χ1) is 8.67.